The highest BCUT2D eigenvalue weighted by Crippen LogP contribution is 2.32. The molecule has 1 heterocycles. The summed E-state index contributed by atoms with van der Waals surface area (Å²) in [6.45, 7) is 13.7. The maximum Gasteiger partial charge on any atom is 0.419 e. The van der Waals surface area contributed by atoms with Gasteiger partial charge in [-0.15, -0.1) is 0 Å². The van der Waals surface area contributed by atoms with E-state index in [0.29, 0.717) is 11.6 Å². The minimum Gasteiger partial charge on any atom is -0.242 e. The fraction of sp³-hybridized carbons (Fsp3) is 0.571. The van der Waals surface area contributed by atoms with Crippen LogP contribution in [-0.4, -0.2) is 18.7 Å². The number of nitrogens with zero attached hydrogens (tertiary/aromatic N) is 2. The van der Waals surface area contributed by atoms with Gasteiger partial charge >= 0.3 is 6.18 Å². The maximum absolute atomic E-state index is 12.9. The van der Waals surface area contributed by atoms with E-state index in [9.17, 15) is 17.4 Å². The molecule has 0 aliphatic carbocycles. The first-order valence-electron chi connectivity index (χ1n) is 9.61. The number of nitrogens with one attached hydrogen (secondary N) is 1. The number of aryl methyl sites for hydroxylation is 2. The molecule has 2 atom stereocenters. The molecule has 4 nitrogen and oxygen atoms in total. The van der Waals surface area contributed by atoms with E-state index in [-0.39, 0.29) is 6.04 Å². The van der Waals surface area contributed by atoms with Crippen molar-refractivity contribution in [3.8, 4) is 5.69 Å². The quantitative estimate of drug-likeness (QED) is 0.645. The second-order valence-corrected chi connectivity index (χ2v) is 10.9. The summed E-state index contributed by atoms with van der Waals surface area (Å²) < 4.78 is 55.6. The van der Waals surface area contributed by atoms with Gasteiger partial charge in [-0.1, -0.05) is 26.0 Å². The number of aromatic nitrogens is 2. The number of alkyl halides is 3. The lowest BCUT2D eigenvalue weighted by atomic mass is 9.94. The summed E-state index contributed by atoms with van der Waals surface area (Å²) in [5.41, 5.74) is 2.45. The molecule has 0 radical (unpaired) electrons. The van der Waals surface area contributed by atoms with Gasteiger partial charge in [-0.3, -0.25) is 0 Å². The van der Waals surface area contributed by atoms with Crippen LogP contribution in [0.2, 0.25) is 0 Å². The molecule has 0 amide bonds. The van der Waals surface area contributed by atoms with Crippen molar-refractivity contribution in [3.05, 3.63) is 46.8 Å². The average molecular weight is 430 g/mol. The molecule has 1 aromatic heterocycles. The largest absolute Gasteiger partial charge is 0.419 e. The van der Waals surface area contributed by atoms with Crippen molar-refractivity contribution in [1.82, 2.24) is 14.5 Å². The van der Waals surface area contributed by atoms with Crippen LogP contribution in [0.5, 0.6) is 0 Å². The minimum absolute atomic E-state index is 0.120. The molecule has 29 heavy (non-hydrogen) atoms. The Kier molecular flexibility index (Phi) is 7.00. The van der Waals surface area contributed by atoms with Gasteiger partial charge in [0.1, 0.15) is 0 Å². The molecule has 0 saturated carbocycles. The number of hydrogen-bond acceptors (Lipinski definition) is 2. The van der Waals surface area contributed by atoms with Gasteiger partial charge in [-0.2, -0.15) is 18.3 Å². The number of halogens is 3. The summed E-state index contributed by atoms with van der Waals surface area (Å²) in [5.74, 6) is 0.380. The first-order valence-corrected chi connectivity index (χ1v) is 10.8. The summed E-state index contributed by atoms with van der Waals surface area (Å²) in [6.07, 6.45) is -1.79. The standard InChI is InChI=1S/C21H30F3N3OS/c1-13(2)8-18(26-29(28)20(5,6)7)16-9-14(3)19(15(4)10-16)27-12-17(11-25-27)21(22,23)24/h9-13,18,26H,8H2,1-7H3/t18-,29-/m1/s1. The van der Waals surface area contributed by atoms with Crippen LogP contribution in [0.25, 0.3) is 5.69 Å². The lowest BCUT2D eigenvalue weighted by Gasteiger charge is -2.27. The predicted octanol–water partition coefficient (Wildman–Crippen LogP) is 5.65. The van der Waals surface area contributed by atoms with Gasteiger partial charge in [0.2, 0.25) is 0 Å². The topological polar surface area (TPSA) is 46.9 Å². The fourth-order valence-corrected chi connectivity index (χ4v) is 4.02. The Bertz CT molecular complexity index is 859. The molecular weight excluding hydrogens is 399 g/mol. The van der Waals surface area contributed by atoms with Crippen LogP contribution in [-0.2, 0) is 17.2 Å². The summed E-state index contributed by atoms with van der Waals surface area (Å²) >= 11 is 0. The molecule has 0 spiro atoms. The molecule has 0 aliphatic heterocycles. The van der Waals surface area contributed by atoms with E-state index in [1.807, 2.05) is 46.8 Å². The fourth-order valence-electron chi connectivity index (χ4n) is 3.17. The van der Waals surface area contributed by atoms with E-state index >= 15 is 0 Å². The summed E-state index contributed by atoms with van der Waals surface area (Å²) in [5, 5.41) is 3.91. The molecule has 8 heteroatoms. The van der Waals surface area contributed by atoms with Gasteiger partial charge in [0.25, 0.3) is 0 Å². The normalized spacial score (nSPS) is 15.0. The van der Waals surface area contributed by atoms with Crippen molar-refractivity contribution < 1.29 is 17.4 Å². The zero-order chi connectivity index (χ0) is 22.1. The van der Waals surface area contributed by atoms with E-state index < -0.39 is 27.5 Å². The molecule has 1 N–H and O–H groups in total. The van der Waals surface area contributed by atoms with E-state index in [0.717, 1.165) is 35.5 Å². The highest BCUT2D eigenvalue weighted by Gasteiger charge is 2.32. The van der Waals surface area contributed by atoms with Crippen molar-refractivity contribution in [2.75, 3.05) is 0 Å². The molecule has 0 saturated heterocycles. The first-order chi connectivity index (χ1) is 13.2. The third-order valence-electron chi connectivity index (χ3n) is 4.57. The van der Waals surface area contributed by atoms with E-state index in [1.54, 1.807) is 0 Å². The molecule has 0 aliphatic rings. The highest BCUT2D eigenvalue weighted by atomic mass is 32.2. The predicted molar refractivity (Wildman–Crippen MR) is 111 cm³/mol. The number of hydrogen-bond donors (Lipinski definition) is 1. The lowest BCUT2D eigenvalue weighted by molar-refractivity contribution is -0.137. The molecule has 162 valence electrons. The van der Waals surface area contributed by atoms with Crippen molar-refractivity contribution in [1.29, 1.82) is 0 Å². The Hall–Kier alpha value is -1.67. The summed E-state index contributed by atoms with van der Waals surface area (Å²) in [4.78, 5) is 0. The molecule has 2 rings (SSSR count). The molecular formula is C21H30F3N3OS. The van der Waals surface area contributed by atoms with E-state index in [4.69, 9.17) is 0 Å². The first kappa shape index (κ1) is 23.6. The average Bonchev–Trinajstić information content (AvgIpc) is 3.01. The van der Waals surface area contributed by atoms with Gasteiger partial charge in [0.15, 0.2) is 0 Å². The molecule has 0 bridgehead atoms. The van der Waals surface area contributed by atoms with E-state index in [2.05, 4.69) is 23.7 Å². The Morgan fingerprint density at radius 2 is 1.69 bits per heavy atom. The van der Waals surface area contributed by atoms with Crippen LogP contribution in [0.3, 0.4) is 0 Å². The number of rotatable bonds is 6. The Morgan fingerprint density at radius 3 is 2.10 bits per heavy atom. The zero-order valence-electron chi connectivity index (χ0n) is 18.0. The van der Waals surface area contributed by atoms with Crippen LogP contribution in [0.4, 0.5) is 13.2 Å². The van der Waals surface area contributed by atoms with Gasteiger partial charge in [-0.05, 0) is 63.6 Å². The van der Waals surface area contributed by atoms with Crippen molar-refractivity contribution in [2.24, 2.45) is 5.92 Å². The van der Waals surface area contributed by atoms with Crippen LogP contribution < -0.4 is 4.72 Å². The molecule has 1 aromatic carbocycles. The minimum atomic E-state index is -4.43. The van der Waals surface area contributed by atoms with E-state index in [1.165, 1.54) is 4.68 Å². The molecule has 0 fully saturated rings. The van der Waals surface area contributed by atoms with Crippen LogP contribution in [0.1, 0.15) is 69.3 Å². The third kappa shape index (κ3) is 5.92. The monoisotopic (exact) mass is 429 g/mol. The molecule has 0 unspecified atom stereocenters. The van der Waals surface area contributed by atoms with Crippen molar-refractivity contribution in [3.63, 3.8) is 0 Å². The summed E-state index contributed by atoms with van der Waals surface area (Å²) in [6, 6.07) is 3.76. The van der Waals surface area contributed by atoms with Gasteiger partial charge in [-0.25, -0.2) is 13.6 Å². The Morgan fingerprint density at radius 1 is 1.14 bits per heavy atom. The zero-order valence-corrected chi connectivity index (χ0v) is 18.8. The Balaban J connectivity index is 2.43. The Labute approximate surface area is 173 Å². The summed E-state index contributed by atoms with van der Waals surface area (Å²) in [7, 11) is -1.24. The highest BCUT2D eigenvalue weighted by molar-refractivity contribution is 7.84. The maximum atomic E-state index is 12.9. The smallest absolute Gasteiger partial charge is 0.242 e. The SMILES string of the molecule is Cc1cc([C@@H](CC(C)C)N[S@](=O)C(C)(C)C)cc(C)c1-n1cc(C(F)(F)F)cn1. The van der Waals surface area contributed by atoms with Crippen LogP contribution in [0, 0.1) is 19.8 Å². The van der Waals surface area contributed by atoms with Gasteiger partial charge in [0, 0.05) is 12.2 Å². The van der Waals surface area contributed by atoms with Crippen LogP contribution >= 0.6 is 0 Å². The number of benzene rings is 1. The molecule has 2 aromatic rings. The third-order valence-corrected chi connectivity index (χ3v) is 6.18. The second-order valence-electron chi connectivity index (χ2n) is 8.86. The van der Waals surface area contributed by atoms with Gasteiger partial charge < -0.3 is 0 Å². The van der Waals surface area contributed by atoms with Crippen molar-refractivity contribution >= 4 is 11.0 Å². The lowest BCUT2D eigenvalue weighted by Crippen LogP contribution is -2.36. The second kappa shape index (κ2) is 8.60. The van der Waals surface area contributed by atoms with Crippen LogP contribution in [0.15, 0.2) is 24.5 Å². The van der Waals surface area contributed by atoms with Gasteiger partial charge in [0.05, 0.1) is 33.2 Å². The van der Waals surface area contributed by atoms with Crippen molar-refractivity contribution in [2.45, 2.75) is 71.9 Å².